The minimum absolute atomic E-state index is 0.421. The molecule has 2 nitrogen and oxygen atoms in total. The van der Waals surface area contributed by atoms with E-state index in [4.69, 9.17) is 4.74 Å². The van der Waals surface area contributed by atoms with Gasteiger partial charge in [0, 0.05) is 11.8 Å². The fourth-order valence-electron chi connectivity index (χ4n) is 1.87. The number of hydrogen-bond donors (Lipinski definition) is 1. The maximum absolute atomic E-state index is 5.85. The van der Waals surface area contributed by atoms with Crippen LogP contribution in [0.1, 0.15) is 37.8 Å². The van der Waals surface area contributed by atoms with Gasteiger partial charge in [-0.15, -0.1) is 0 Å². The molecule has 18 heavy (non-hydrogen) atoms. The van der Waals surface area contributed by atoms with Crippen molar-refractivity contribution < 1.29 is 4.74 Å². The van der Waals surface area contributed by atoms with Crippen molar-refractivity contribution in [1.82, 2.24) is 5.32 Å². The van der Waals surface area contributed by atoms with Crippen LogP contribution in [0.4, 0.5) is 0 Å². The standard InChI is InChI=1S/C15H23NOS/c1-3-9-18-11-15(16-2)12-5-4-6-14(10-12)17-13-7-8-13/h4-6,10,13,15-16H,3,7-9,11H2,1-2H3. The van der Waals surface area contributed by atoms with Gasteiger partial charge in [0.15, 0.2) is 0 Å². The normalized spacial score (nSPS) is 16.6. The molecule has 0 radical (unpaired) electrons. The summed E-state index contributed by atoms with van der Waals surface area (Å²) in [5.74, 6) is 3.38. The summed E-state index contributed by atoms with van der Waals surface area (Å²) in [6, 6.07) is 8.96. The molecule has 1 saturated carbocycles. The Balaban J connectivity index is 1.95. The van der Waals surface area contributed by atoms with Gasteiger partial charge in [0.25, 0.3) is 0 Å². The maximum Gasteiger partial charge on any atom is 0.120 e. The van der Waals surface area contributed by atoms with Crippen molar-refractivity contribution in [2.24, 2.45) is 0 Å². The van der Waals surface area contributed by atoms with Crippen LogP contribution in [-0.2, 0) is 0 Å². The van der Waals surface area contributed by atoms with E-state index >= 15 is 0 Å². The van der Waals surface area contributed by atoms with Gasteiger partial charge in [0.2, 0.25) is 0 Å². The van der Waals surface area contributed by atoms with Crippen LogP contribution in [0.25, 0.3) is 0 Å². The van der Waals surface area contributed by atoms with Crippen LogP contribution in [0.3, 0.4) is 0 Å². The van der Waals surface area contributed by atoms with Crippen molar-refractivity contribution in [3.05, 3.63) is 29.8 Å². The smallest absolute Gasteiger partial charge is 0.120 e. The zero-order valence-electron chi connectivity index (χ0n) is 11.3. The molecule has 0 amide bonds. The van der Waals surface area contributed by atoms with E-state index in [0.717, 1.165) is 11.5 Å². The third-order valence-electron chi connectivity index (χ3n) is 3.07. The number of nitrogens with one attached hydrogen (secondary N) is 1. The molecular formula is C15H23NOS. The first-order valence-electron chi connectivity index (χ1n) is 6.85. The van der Waals surface area contributed by atoms with E-state index in [0.29, 0.717) is 12.1 Å². The Bertz CT molecular complexity index is 365. The SMILES string of the molecule is CCCSCC(NC)c1cccc(OC2CC2)c1. The number of benzene rings is 1. The number of hydrogen-bond acceptors (Lipinski definition) is 3. The van der Waals surface area contributed by atoms with E-state index in [2.05, 4.69) is 36.5 Å². The average Bonchev–Trinajstić information content (AvgIpc) is 3.19. The second-order valence-electron chi connectivity index (χ2n) is 4.81. The van der Waals surface area contributed by atoms with Gasteiger partial charge in [0.1, 0.15) is 5.75 Å². The molecule has 1 aromatic rings. The summed E-state index contributed by atoms with van der Waals surface area (Å²) in [7, 11) is 2.03. The number of thioether (sulfide) groups is 1. The first-order chi connectivity index (χ1) is 8.83. The molecule has 0 heterocycles. The van der Waals surface area contributed by atoms with Crippen LogP contribution in [-0.4, -0.2) is 24.7 Å². The Morgan fingerprint density at radius 1 is 1.44 bits per heavy atom. The summed E-state index contributed by atoms with van der Waals surface area (Å²) in [4.78, 5) is 0. The van der Waals surface area contributed by atoms with Crippen molar-refractivity contribution in [2.75, 3.05) is 18.6 Å². The average molecular weight is 265 g/mol. The molecule has 0 aromatic heterocycles. The molecule has 1 fully saturated rings. The molecule has 0 spiro atoms. The lowest BCUT2D eigenvalue weighted by Crippen LogP contribution is -2.19. The van der Waals surface area contributed by atoms with Gasteiger partial charge < -0.3 is 10.1 Å². The lowest BCUT2D eigenvalue weighted by atomic mass is 10.1. The van der Waals surface area contributed by atoms with Crippen molar-refractivity contribution >= 4 is 11.8 Å². The minimum Gasteiger partial charge on any atom is -0.490 e. The molecule has 2 rings (SSSR count). The summed E-state index contributed by atoms with van der Waals surface area (Å²) in [5, 5.41) is 3.40. The Hall–Kier alpha value is -0.670. The fraction of sp³-hybridized carbons (Fsp3) is 0.600. The third kappa shape index (κ3) is 4.21. The number of ether oxygens (including phenoxy) is 1. The molecule has 1 aliphatic rings. The lowest BCUT2D eigenvalue weighted by molar-refractivity contribution is 0.302. The molecular weight excluding hydrogens is 242 g/mol. The number of rotatable bonds is 8. The molecule has 0 aliphatic heterocycles. The van der Waals surface area contributed by atoms with Gasteiger partial charge in [0.05, 0.1) is 6.10 Å². The summed E-state index contributed by atoms with van der Waals surface area (Å²) in [6.45, 7) is 2.23. The highest BCUT2D eigenvalue weighted by molar-refractivity contribution is 7.99. The van der Waals surface area contributed by atoms with Crippen LogP contribution < -0.4 is 10.1 Å². The molecule has 1 N–H and O–H groups in total. The summed E-state index contributed by atoms with van der Waals surface area (Å²) < 4.78 is 5.85. The van der Waals surface area contributed by atoms with Crippen LogP contribution in [0.15, 0.2) is 24.3 Å². The van der Waals surface area contributed by atoms with E-state index in [9.17, 15) is 0 Å². The summed E-state index contributed by atoms with van der Waals surface area (Å²) >= 11 is 2.01. The molecule has 1 aromatic carbocycles. The zero-order chi connectivity index (χ0) is 12.8. The molecule has 0 saturated heterocycles. The molecule has 1 unspecified atom stereocenters. The van der Waals surface area contributed by atoms with Crippen molar-refractivity contribution in [1.29, 1.82) is 0 Å². The second kappa shape index (κ2) is 7.05. The monoisotopic (exact) mass is 265 g/mol. The third-order valence-corrected chi connectivity index (χ3v) is 4.33. The van der Waals surface area contributed by atoms with E-state index in [1.54, 1.807) is 0 Å². The van der Waals surface area contributed by atoms with E-state index in [1.807, 2.05) is 18.8 Å². The Morgan fingerprint density at radius 2 is 2.28 bits per heavy atom. The van der Waals surface area contributed by atoms with Crippen LogP contribution >= 0.6 is 11.8 Å². The Morgan fingerprint density at radius 3 is 2.94 bits per heavy atom. The Kier molecular flexibility index (Phi) is 5.39. The highest BCUT2D eigenvalue weighted by Crippen LogP contribution is 2.29. The quantitative estimate of drug-likeness (QED) is 0.725. The van der Waals surface area contributed by atoms with E-state index in [1.165, 1.54) is 30.6 Å². The largest absolute Gasteiger partial charge is 0.490 e. The summed E-state index contributed by atoms with van der Waals surface area (Å²) in [5.41, 5.74) is 1.33. The summed E-state index contributed by atoms with van der Waals surface area (Å²) in [6.07, 6.45) is 4.15. The molecule has 1 aliphatic carbocycles. The van der Waals surface area contributed by atoms with Gasteiger partial charge in [-0.25, -0.2) is 0 Å². The molecule has 100 valence electrons. The lowest BCUT2D eigenvalue weighted by Gasteiger charge is -2.17. The van der Waals surface area contributed by atoms with Crippen LogP contribution in [0, 0.1) is 0 Å². The van der Waals surface area contributed by atoms with Crippen molar-refractivity contribution in [3.8, 4) is 5.75 Å². The first-order valence-corrected chi connectivity index (χ1v) is 8.00. The maximum atomic E-state index is 5.85. The highest BCUT2D eigenvalue weighted by Gasteiger charge is 2.23. The molecule has 3 heteroatoms. The van der Waals surface area contributed by atoms with Gasteiger partial charge >= 0.3 is 0 Å². The van der Waals surface area contributed by atoms with Crippen LogP contribution in [0.5, 0.6) is 5.75 Å². The van der Waals surface area contributed by atoms with Crippen molar-refractivity contribution in [2.45, 2.75) is 38.3 Å². The second-order valence-corrected chi connectivity index (χ2v) is 5.96. The van der Waals surface area contributed by atoms with Gasteiger partial charge in [-0.3, -0.25) is 0 Å². The van der Waals surface area contributed by atoms with Gasteiger partial charge in [-0.1, -0.05) is 19.1 Å². The topological polar surface area (TPSA) is 21.3 Å². The minimum atomic E-state index is 0.421. The van der Waals surface area contributed by atoms with E-state index < -0.39 is 0 Å². The van der Waals surface area contributed by atoms with Gasteiger partial charge in [-0.05, 0) is 49.8 Å². The Labute approximate surface area is 114 Å². The van der Waals surface area contributed by atoms with Crippen LogP contribution in [0.2, 0.25) is 0 Å². The first kappa shape index (κ1) is 13.8. The zero-order valence-corrected chi connectivity index (χ0v) is 12.1. The predicted molar refractivity (Wildman–Crippen MR) is 79.5 cm³/mol. The fourth-order valence-corrected chi connectivity index (χ4v) is 2.92. The van der Waals surface area contributed by atoms with Gasteiger partial charge in [-0.2, -0.15) is 11.8 Å². The predicted octanol–water partition coefficient (Wildman–Crippen LogP) is 3.63. The molecule has 1 atom stereocenters. The van der Waals surface area contributed by atoms with Crippen molar-refractivity contribution in [3.63, 3.8) is 0 Å². The van der Waals surface area contributed by atoms with E-state index in [-0.39, 0.29) is 0 Å². The highest BCUT2D eigenvalue weighted by atomic mass is 32.2. The molecule has 0 bridgehead atoms.